The molecule has 0 saturated heterocycles. The van der Waals surface area contributed by atoms with Gasteiger partial charge in [0.15, 0.2) is 0 Å². The van der Waals surface area contributed by atoms with Gasteiger partial charge in [0.25, 0.3) is 0 Å². The zero-order valence-electron chi connectivity index (χ0n) is 12.1. The summed E-state index contributed by atoms with van der Waals surface area (Å²) in [5.41, 5.74) is 5.29. The molecule has 0 atom stereocenters. The van der Waals surface area contributed by atoms with Crippen LogP contribution in [-0.2, 0) is 0 Å². The Kier molecular flexibility index (Phi) is 4.75. The normalized spacial score (nSPS) is 10.9. The zero-order valence-corrected chi connectivity index (χ0v) is 12.1. The maximum absolute atomic E-state index is 3.64. The van der Waals surface area contributed by atoms with Gasteiger partial charge in [-0.15, -0.1) is 0 Å². The van der Waals surface area contributed by atoms with E-state index in [0.717, 1.165) is 13.0 Å². The number of nitrogens with one attached hydrogen (secondary N) is 1. The van der Waals surface area contributed by atoms with Crippen LogP contribution in [0.2, 0.25) is 0 Å². The molecule has 0 amide bonds. The number of rotatable bonds is 5. The summed E-state index contributed by atoms with van der Waals surface area (Å²) in [7, 11) is 0. The Hall–Kier alpha value is -1.60. The van der Waals surface area contributed by atoms with Crippen LogP contribution in [-0.4, -0.2) is 6.54 Å². The van der Waals surface area contributed by atoms with Gasteiger partial charge in [-0.1, -0.05) is 66.6 Å². The lowest BCUT2D eigenvalue weighted by Crippen LogP contribution is -2.23. The lowest BCUT2D eigenvalue weighted by molar-refractivity contribution is 0.598. The lowest BCUT2D eigenvalue weighted by Gasteiger charge is -2.20. The van der Waals surface area contributed by atoms with E-state index in [1.165, 1.54) is 22.3 Å². The topological polar surface area (TPSA) is 12.0 Å². The minimum Gasteiger partial charge on any atom is -0.306 e. The third-order valence-electron chi connectivity index (χ3n) is 3.42. The molecule has 1 heteroatoms. The molecule has 0 fully saturated rings. The molecular weight excluding hydrogens is 230 g/mol. The summed E-state index contributed by atoms with van der Waals surface area (Å²) in [6, 6.07) is 17.9. The maximum Gasteiger partial charge on any atom is 0.0576 e. The van der Waals surface area contributed by atoms with Crippen LogP contribution >= 0.6 is 0 Å². The largest absolute Gasteiger partial charge is 0.306 e. The molecular formula is C18H23N. The minimum absolute atomic E-state index is 0.293. The van der Waals surface area contributed by atoms with Crippen molar-refractivity contribution in [3.63, 3.8) is 0 Å². The van der Waals surface area contributed by atoms with E-state index >= 15 is 0 Å². The van der Waals surface area contributed by atoms with Crippen LogP contribution < -0.4 is 5.32 Å². The molecule has 1 nitrogen and oxygen atoms in total. The molecule has 0 unspecified atom stereocenters. The molecule has 100 valence electrons. The predicted octanol–water partition coefficient (Wildman–Crippen LogP) is 4.39. The second-order valence-corrected chi connectivity index (χ2v) is 5.21. The van der Waals surface area contributed by atoms with Crippen LogP contribution in [0.15, 0.2) is 48.5 Å². The molecule has 2 aromatic rings. The molecule has 0 aromatic heterocycles. The fourth-order valence-electron chi connectivity index (χ4n) is 2.23. The van der Waals surface area contributed by atoms with E-state index in [2.05, 4.69) is 74.6 Å². The predicted molar refractivity (Wildman–Crippen MR) is 82.5 cm³/mol. The fraction of sp³-hybridized carbons (Fsp3) is 0.333. The number of hydrogen-bond donors (Lipinski definition) is 1. The van der Waals surface area contributed by atoms with Crippen molar-refractivity contribution in [1.29, 1.82) is 0 Å². The van der Waals surface area contributed by atoms with Gasteiger partial charge in [0.2, 0.25) is 0 Å². The highest BCUT2D eigenvalue weighted by atomic mass is 14.9. The van der Waals surface area contributed by atoms with E-state index in [-0.39, 0.29) is 0 Å². The maximum atomic E-state index is 3.64. The molecule has 0 saturated carbocycles. The zero-order chi connectivity index (χ0) is 13.7. The molecule has 1 N–H and O–H groups in total. The van der Waals surface area contributed by atoms with Crippen LogP contribution in [0.3, 0.4) is 0 Å². The number of benzene rings is 2. The minimum atomic E-state index is 0.293. The van der Waals surface area contributed by atoms with Crippen molar-refractivity contribution < 1.29 is 0 Å². The molecule has 2 aromatic carbocycles. The fourth-order valence-corrected chi connectivity index (χ4v) is 2.23. The summed E-state index contributed by atoms with van der Waals surface area (Å²) >= 11 is 0. The van der Waals surface area contributed by atoms with Crippen molar-refractivity contribution in [2.75, 3.05) is 6.54 Å². The third-order valence-corrected chi connectivity index (χ3v) is 3.42. The van der Waals surface area contributed by atoms with Crippen LogP contribution in [0.4, 0.5) is 0 Å². The molecule has 2 rings (SSSR count). The van der Waals surface area contributed by atoms with Crippen LogP contribution in [0, 0.1) is 13.8 Å². The van der Waals surface area contributed by atoms with E-state index in [9.17, 15) is 0 Å². The Morgan fingerprint density at radius 2 is 1.21 bits per heavy atom. The van der Waals surface area contributed by atoms with Crippen LogP contribution in [0.25, 0.3) is 0 Å². The Morgan fingerprint density at radius 1 is 0.789 bits per heavy atom. The van der Waals surface area contributed by atoms with E-state index in [0.29, 0.717) is 6.04 Å². The molecule has 0 aliphatic rings. The van der Waals surface area contributed by atoms with Crippen LogP contribution in [0.5, 0.6) is 0 Å². The van der Waals surface area contributed by atoms with Gasteiger partial charge < -0.3 is 5.32 Å². The number of aryl methyl sites for hydroxylation is 2. The quantitative estimate of drug-likeness (QED) is 0.833. The van der Waals surface area contributed by atoms with E-state index in [4.69, 9.17) is 0 Å². The van der Waals surface area contributed by atoms with Gasteiger partial charge >= 0.3 is 0 Å². The first-order valence-electron chi connectivity index (χ1n) is 7.07. The Balaban J connectivity index is 2.29. The smallest absolute Gasteiger partial charge is 0.0576 e. The molecule has 0 aliphatic heterocycles. The summed E-state index contributed by atoms with van der Waals surface area (Å²) in [5.74, 6) is 0. The SMILES string of the molecule is CCCNC(c1ccc(C)cc1)c1ccc(C)cc1. The van der Waals surface area contributed by atoms with E-state index in [1.54, 1.807) is 0 Å². The van der Waals surface area contributed by atoms with Crippen molar-refractivity contribution in [1.82, 2.24) is 5.32 Å². The van der Waals surface area contributed by atoms with E-state index < -0.39 is 0 Å². The number of hydrogen-bond acceptors (Lipinski definition) is 1. The van der Waals surface area contributed by atoms with Crippen LogP contribution in [0.1, 0.15) is 41.6 Å². The van der Waals surface area contributed by atoms with Crippen molar-refractivity contribution in [3.8, 4) is 0 Å². The third kappa shape index (κ3) is 3.68. The average molecular weight is 253 g/mol. The molecule has 0 spiro atoms. The first-order valence-corrected chi connectivity index (χ1v) is 7.07. The Labute approximate surface area is 116 Å². The molecule has 19 heavy (non-hydrogen) atoms. The molecule has 0 heterocycles. The van der Waals surface area contributed by atoms with Crippen molar-refractivity contribution in [2.45, 2.75) is 33.2 Å². The van der Waals surface area contributed by atoms with Gasteiger partial charge in [-0.25, -0.2) is 0 Å². The highest BCUT2D eigenvalue weighted by molar-refractivity contribution is 5.34. The summed E-state index contributed by atoms with van der Waals surface area (Å²) in [6.07, 6.45) is 1.15. The first kappa shape index (κ1) is 13.8. The molecule has 0 aliphatic carbocycles. The van der Waals surface area contributed by atoms with Gasteiger partial charge in [0.1, 0.15) is 0 Å². The monoisotopic (exact) mass is 253 g/mol. The van der Waals surface area contributed by atoms with Gasteiger partial charge in [-0.3, -0.25) is 0 Å². The Morgan fingerprint density at radius 3 is 1.58 bits per heavy atom. The van der Waals surface area contributed by atoms with E-state index in [1.807, 2.05) is 0 Å². The lowest BCUT2D eigenvalue weighted by atomic mass is 9.97. The second-order valence-electron chi connectivity index (χ2n) is 5.21. The van der Waals surface area contributed by atoms with Gasteiger partial charge in [-0.05, 0) is 37.9 Å². The van der Waals surface area contributed by atoms with Crippen molar-refractivity contribution in [3.05, 3.63) is 70.8 Å². The summed E-state index contributed by atoms with van der Waals surface area (Å²) < 4.78 is 0. The first-order chi connectivity index (χ1) is 9.20. The van der Waals surface area contributed by atoms with Gasteiger partial charge in [0, 0.05) is 0 Å². The molecule has 0 radical (unpaired) electrons. The van der Waals surface area contributed by atoms with Gasteiger partial charge in [-0.2, -0.15) is 0 Å². The summed E-state index contributed by atoms with van der Waals surface area (Å²) in [5, 5.41) is 3.64. The molecule has 0 bridgehead atoms. The average Bonchev–Trinajstić information content (AvgIpc) is 2.43. The Bertz CT molecular complexity index is 451. The second kappa shape index (κ2) is 6.53. The van der Waals surface area contributed by atoms with Gasteiger partial charge in [0.05, 0.1) is 6.04 Å². The standard InChI is InChI=1S/C18H23N/c1-4-13-19-18(16-9-5-14(2)6-10-16)17-11-7-15(3)8-12-17/h5-12,18-19H,4,13H2,1-3H3. The summed E-state index contributed by atoms with van der Waals surface area (Å²) in [4.78, 5) is 0. The van der Waals surface area contributed by atoms with Crippen molar-refractivity contribution in [2.24, 2.45) is 0 Å². The van der Waals surface area contributed by atoms with Crippen molar-refractivity contribution >= 4 is 0 Å². The highest BCUT2D eigenvalue weighted by Crippen LogP contribution is 2.22. The summed E-state index contributed by atoms with van der Waals surface area (Å²) in [6.45, 7) is 7.50. The highest BCUT2D eigenvalue weighted by Gasteiger charge is 2.12.